The normalized spacial score (nSPS) is 18.8. The molecule has 0 aliphatic carbocycles. The molecule has 2 heterocycles. The first-order chi connectivity index (χ1) is 9.74. The van der Waals surface area contributed by atoms with E-state index in [2.05, 4.69) is 15.6 Å². The van der Waals surface area contributed by atoms with Gasteiger partial charge in [0.2, 0.25) is 0 Å². The molecule has 2 N–H and O–H groups in total. The van der Waals surface area contributed by atoms with Crippen LogP contribution >= 0.6 is 11.3 Å². The summed E-state index contributed by atoms with van der Waals surface area (Å²) >= 11 is 1.68. The molecule has 0 spiro atoms. The molecule has 1 atom stereocenters. The number of hydrogen-bond donors (Lipinski definition) is 2. The van der Waals surface area contributed by atoms with E-state index < -0.39 is 0 Å². The van der Waals surface area contributed by atoms with Crippen LogP contribution in [0.5, 0.6) is 0 Å². The molecule has 1 aromatic heterocycles. The monoisotopic (exact) mass is 297 g/mol. The van der Waals surface area contributed by atoms with Crippen molar-refractivity contribution < 1.29 is 9.53 Å². The van der Waals surface area contributed by atoms with Crippen LogP contribution in [-0.2, 0) is 11.2 Å². The Hall–Kier alpha value is -1.14. The summed E-state index contributed by atoms with van der Waals surface area (Å²) in [6, 6.07) is -0.103. The summed E-state index contributed by atoms with van der Waals surface area (Å²) in [6.45, 7) is 4.20. The molecule has 6 heteroatoms. The van der Waals surface area contributed by atoms with Gasteiger partial charge in [-0.3, -0.25) is 0 Å². The van der Waals surface area contributed by atoms with Crippen molar-refractivity contribution in [2.24, 2.45) is 0 Å². The number of ether oxygens (including phenoxy) is 1. The summed E-state index contributed by atoms with van der Waals surface area (Å²) in [5.41, 5.74) is 0. The second kappa shape index (κ2) is 8.21. The van der Waals surface area contributed by atoms with Crippen molar-refractivity contribution in [3.63, 3.8) is 0 Å². The molecule has 5 nitrogen and oxygen atoms in total. The Labute approximate surface area is 124 Å². The van der Waals surface area contributed by atoms with Gasteiger partial charge >= 0.3 is 6.03 Å². The topological polar surface area (TPSA) is 63.2 Å². The number of carbonyl (C=O) groups excluding carboxylic acids is 1. The van der Waals surface area contributed by atoms with Crippen LogP contribution in [-0.4, -0.2) is 36.8 Å². The molecule has 1 saturated heterocycles. The number of amides is 2. The quantitative estimate of drug-likeness (QED) is 0.846. The highest BCUT2D eigenvalue weighted by atomic mass is 32.1. The SMILES string of the molecule is Cc1cnc(CCNC(=O)NCC[C@@H]2CCCCO2)s1. The van der Waals surface area contributed by atoms with Crippen LogP contribution in [0.25, 0.3) is 0 Å². The molecule has 1 aliphatic heterocycles. The van der Waals surface area contributed by atoms with Gasteiger partial charge in [-0.15, -0.1) is 11.3 Å². The van der Waals surface area contributed by atoms with Gasteiger partial charge in [-0.25, -0.2) is 9.78 Å². The second-order valence-electron chi connectivity index (χ2n) is 5.07. The lowest BCUT2D eigenvalue weighted by molar-refractivity contribution is 0.0120. The van der Waals surface area contributed by atoms with Crippen molar-refractivity contribution in [3.05, 3.63) is 16.1 Å². The fraction of sp³-hybridized carbons (Fsp3) is 0.714. The maximum Gasteiger partial charge on any atom is 0.314 e. The predicted octanol–water partition coefficient (Wildman–Crippen LogP) is 2.25. The molecular weight excluding hydrogens is 274 g/mol. The molecule has 2 amide bonds. The Morgan fingerprint density at radius 2 is 2.30 bits per heavy atom. The number of nitrogens with one attached hydrogen (secondary N) is 2. The van der Waals surface area contributed by atoms with E-state index in [0.717, 1.165) is 30.9 Å². The van der Waals surface area contributed by atoms with Gasteiger partial charge in [0, 0.05) is 37.2 Å². The second-order valence-corrected chi connectivity index (χ2v) is 6.39. The molecule has 20 heavy (non-hydrogen) atoms. The number of nitrogens with zero attached hydrogens (tertiary/aromatic N) is 1. The first kappa shape index (κ1) is 15.3. The van der Waals surface area contributed by atoms with Gasteiger partial charge in [0.25, 0.3) is 0 Å². The molecule has 0 unspecified atom stereocenters. The summed E-state index contributed by atoms with van der Waals surface area (Å²) in [5.74, 6) is 0. The third kappa shape index (κ3) is 5.46. The highest BCUT2D eigenvalue weighted by molar-refractivity contribution is 7.11. The lowest BCUT2D eigenvalue weighted by atomic mass is 10.1. The summed E-state index contributed by atoms with van der Waals surface area (Å²) in [7, 11) is 0. The van der Waals surface area contributed by atoms with Gasteiger partial charge in [0.05, 0.1) is 11.1 Å². The van der Waals surface area contributed by atoms with E-state index in [1.807, 2.05) is 13.1 Å². The van der Waals surface area contributed by atoms with Crippen LogP contribution in [0.2, 0.25) is 0 Å². The first-order valence-electron chi connectivity index (χ1n) is 7.28. The highest BCUT2D eigenvalue weighted by Gasteiger charge is 2.13. The van der Waals surface area contributed by atoms with Crippen molar-refractivity contribution in [1.82, 2.24) is 15.6 Å². The Kier molecular flexibility index (Phi) is 6.26. The molecule has 0 radical (unpaired) electrons. The van der Waals surface area contributed by atoms with Crippen LogP contribution in [0, 0.1) is 6.92 Å². The van der Waals surface area contributed by atoms with Gasteiger partial charge in [-0.2, -0.15) is 0 Å². The molecular formula is C14H23N3O2S. The minimum Gasteiger partial charge on any atom is -0.378 e. The summed E-state index contributed by atoms with van der Waals surface area (Å²) in [6.07, 6.45) is 7.40. The van der Waals surface area contributed by atoms with Crippen molar-refractivity contribution in [1.29, 1.82) is 0 Å². The van der Waals surface area contributed by atoms with E-state index in [9.17, 15) is 4.79 Å². The zero-order chi connectivity index (χ0) is 14.2. The van der Waals surface area contributed by atoms with E-state index in [1.165, 1.54) is 17.7 Å². The van der Waals surface area contributed by atoms with E-state index in [4.69, 9.17) is 4.74 Å². The van der Waals surface area contributed by atoms with E-state index >= 15 is 0 Å². The predicted molar refractivity (Wildman–Crippen MR) is 80.2 cm³/mol. The number of urea groups is 1. The number of hydrogen-bond acceptors (Lipinski definition) is 4. The van der Waals surface area contributed by atoms with Crippen LogP contribution in [0.15, 0.2) is 6.20 Å². The number of rotatable bonds is 6. The summed E-state index contributed by atoms with van der Waals surface area (Å²) < 4.78 is 5.62. The minimum atomic E-state index is -0.103. The standard InChI is InChI=1S/C14H23N3O2S/c1-11-10-17-13(20-11)6-8-16-14(18)15-7-5-12-4-2-3-9-19-12/h10,12H,2-9H2,1H3,(H2,15,16,18)/t12-/m0/s1. The van der Waals surface area contributed by atoms with Crippen molar-refractivity contribution in [2.45, 2.75) is 45.1 Å². The Bertz CT molecular complexity index is 416. The third-order valence-corrected chi connectivity index (χ3v) is 4.29. The fourth-order valence-corrected chi connectivity index (χ4v) is 3.03. The zero-order valence-electron chi connectivity index (χ0n) is 12.0. The molecule has 1 fully saturated rings. The Morgan fingerprint density at radius 3 is 3.00 bits per heavy atom. The van der Waals surface area contributed by atoms with Gasteiger partial charge in [-0.05, 0) is 32.6 Å². The van der Waals surface area contributed by atoms with E-state index in [1.54, 1.807) is 11.3 Å². The van der Waals surface area contributed by atoms with Crippen molar-refractivity contribution in [2.75, 3.05) is 19.7 Å². The molecule has 0 aromatic carbocycles. The molecule has 1 aliphatic rings. The number of aryl methyl sites for hydroxylation is 1. The average molecular weight is 297 g/mol. The maximum absolute atomic E-state index is 11.6. The van der Waals surface area contributed by atoms with E-state index in [0.29, 0.717) is 19.2 Å². The van der Waals surface area contributed by atoms with Gasteiger partial charge in [0.15, 0.2) is 0 Å². The van der Waals surface area contributed by atoms with Crippen LogP contribution in [0.4, 0.5) is 4.79 Å². The van der Waals surface area contributed by atoms with Crippen LogP contribution < -0.4 is 10.6 Å². The largest absolute Gasteiger partial charge is 0.378 e. The molecule has 0 bridgehead atoms. The van der Waals surface area contributed by atoms with Crippen molar-refractivity contribution in [3.8, 4) is 0 Å². The van der Waals surface area contributed by atoms with E-state index in [-0.39, 0.29) is 6.03 Å². The van der Waals surface area contributed by atoms with Gasteiger partial charge in [0.1, 0.15) is 0 Å². The van der Waals surface area contributed by atoms with Crippen molar-refractivity contribution >= 4 is 17.4 Å². The Balaban J connectivity index is 1.51. The molecule has 0 saturated carbocycles. The summed E-state index contributed by atoms with van der Waals surface area (Å²) in [5, 5.41) is 6.80. The van der Waals surface area contributed by atoms with Crippen LogP contribution in [0.1, 0.15) is 35.6 Å². The third-order valence-electron chi connectivity index (χ3n) is 3.32. The van der Waals surface area contributed by atoms with Crippen LogP contribution in [0.3, 0.4) is 0 Å². The van der Waals surface area contributed by atoms with Gasteiger partial charge < -0.3 is 15.4 Å². The highest BCUT2D eigenvalue weighted by Crippen LogP contribution is 2.14. The molecule has 112 valence electrons. The van der Waals surface area contributed by atoms with Gasteiger partial charge in [-0.1, -0.05) is 0 Å². The lowest BCUT2D eigenvalue weighted by Gasteiger charge is -2.22. The average Bonchev–Trinajstić information content (AvgIpc) is 2.86. The summed E-state index contributed by atoms with van der Waals surface area (Å²) in [4.78, 5) is 17.1. The smallest absolute Gasteiger partial charge is 0.314 e. The molecule has 2 rings (SSSR count). The first-order valence-corrected chi connectivity index (χ1v) is 8.10. The number of thiazole rings is 1. The number of aromatic nitrogens is 1. The molecule has 1 aromatic rings. The Morgan fingerprint density at radius 1 is 1.45 bits per heavy atom. The number of carbonyl (C=O) groups is 1. The minimum absolute atomic E-state index is 0.103. The lowest BCUT2D eigenvalue weighted by Crippen LogP contribution is -2.38. The zero-order valence-corrected chi connectivity index (χ0v) is 12.8. The maximum atomic E-state index is 11.6. The fourth-order valence-electron chi connectivity index (χ4n) is 2.24.